The number of nitrogens with two attached hydrogens (primary N) is 1. The fourth-order valence-corrected chi connectivity index (χ4v) is 4.69. The van der Waals surface area contributed by atoms with Crippen LogP contribution in [0.4, 0.5) is 4.39 Å². The van der Waals surface area contributed by atoms with Gasteiger partial charge in [-0.05, 0) is 55.9 Å². The Morgan fingerprint density at radius 2 is 1.88 bits per heavy atom. The highest BCUT2D eigenvalue weighted by Crippen LogP contribution is 2.29. The molecule has 0 radical (unpaired) electrons. The molecule has 1 aliphatic rings. The molecule has 1 aromatic rings. The van der Waals surface area contributed by atoms with Gasteiger partial charge in [0, 0.05) is 19.2 Å². The van der Waals surface area contributed by atoms with E-state index in [9.17, 15) is 12.8 Å². The van der Waals surface area contributed by atoms with Crippen LogP contribution in [0.2, 0.25) is 0 Å². The van der Waals surface area contributed by atoms with Gasteiger partial charge in [0.25, 0.3) is 0 Å². The average molecular weight is 371 g/mol. The fourth-order valence-electron chi connectivity index (χ4n) is 2.99. The van der Waals surface area contributed by atoms with E-state index in [1.807, 2.05) is 0 Å². The van der Waals surface area contributed by atoms with Crippen molar-refractivity contribution >= 4 is 9.84 Å². The van der Waals surface area contributed by atoms with E-state index in [-0.39, 0.29) is 35.8 Å². The molecule has 1 aliphatic carbocycles. The highest BCUT2D eigenvalue weighted by atomic mass is 32.2. The molecule has 5 nitrogen and oxygen atoms in total. The van der Waals surface area contributed by atoms with Gasteiger partial charge in [-0.15, -0.1) is 0 Å². The van der Waals surface area contributed by atoms with E-state index < -0.39 is 9.84 Å². The second-order valence-corrected chi connectivity index (χ2v) is 8.43. The Balaban J connectivity index is 1.93. The number of methoxy groups -OCH3 is 1. The summed E-state index contributed by atoms with van der Waals surface area (Å²) >= 11 is 0. The Hall–Kier alpha value is -1.44. The third kappa shape index (κ3) is 5.80. The third-order valence-corrected chi connectivity index (χ3v) is 6.51. The number of benzene rings is 1. The van der Waals surface area contributed by atoms with Crippen molar-refractivity contribution in [2.45, 2.75) is 36.7 Å². The van der Waals surface area contributed by atoms with Crippen LogP contribution in [0, 0.1) is 5.92 Å². The molecule has 0 aliphatic heterocycles. The van der Waals surface area contributed by atoms with Gasteiger partial charge >= 0.3 is 0 Å². The minimum absolute atomic E-state index is 0.0435. The first-order valence-corrected chi connectivity index (χ1v) is 10.1. The SMILES string of the molecule is CO[C@H]1CC[C@H](CS(=O)(=O)c2ccc(OC/C(=C/F)CN)cc2)CC1. The van der Waals surface area contributed by atoms with Crippen LogP contribution >= 0.6 is 0 Å². The highest BCUT2D eigenvalue weighted by molar-refractivity contribution is 7.91. The Bertz CT molecular complexity index is 665. The zero-order valence-corrected chi connectivity index (χ0v) is 15.3. The number of halogens is 1. The van der Waals surface area contributed by atoms with E-state index in [1.165, 1.54) is 12.1 Å². The second kappa shape index (κ2) is 9.31. The molecule has 0 aromatic heterocycles. The Kier molecular flexibility index (Phi) is 7.40. The van der Waals surface area contributed by atoms with Crippen LogP contribution in [0.25, 0.3) is 0 Å². The zero-order chi connectivity index (χ0) is 18.3. The second-order valence-electron chi connectivity index (χ2n) is 6.39. The summed E-state index contributed by atoms with van der Waals surface area (Å²) in [5.74, 6) is 0.812. The van der Waals surface area contributed by atoms with Gasteiger partial charge in [-0.2, -0.15) is 0 Å². The van der Waals surface area contributed by atoms with E-state index in [1.54, 1.807) is 19.2 Å². The van der Waals surface area contributed by atoms with Crippen molar-refractivity contribution in [3.05, 3.63) is 36.2 Å². The van der Waals surface area contributed by atoms with Crippen LogP contribution in [0.5, 0.6) is 5.75 Å². The molecule has 0 heterocycles. The minimum Gasteiger partial charge on any atom is -0.489 e. The normalized spacial score (nSPS) is 22.0. The van der Waals surface area contributed by atoms with Crippen molar-refractivity contribution in [1.82, 2.24) is 0 Å². The zero-order valence-electron chi connectivity index (χ0n) is 14.5. The van der Waals surface area contributed by atoms with Crippen LogP contribution in [0.3, 0.4) is 0 Å². The van der Waals surface area contributed by atoms with Crippen molar-refractivity contribution in [3.8, 4) is 5.75 Å². The predicted octanol–water partition coefficient (Wildman–Crippen LogP) is 2.86. The van der Waals surface area contributed by atoms with Crippen LogP contribution < -0.4 is 10.5 Å². The molecule has 1 saturated carbocycles. The molecule has 25 heavy (non-hydrogen) atoms. The summed E-state index contributed by atoms with van der Waals surface area (Å²) in [7, 11) is -1.63. The van der Waals surface area contributed by atoms with Crippen LogP contribution in [0.15, 0.2) is 41.1 Å². The third-order valence-electron chi connectivity index (χ3n) is 4.61. The topological polar surface area (TPSA) is 78.6 Å². The molecule has 1 fully saturated rings. The van der Waals surface area contributed by atoms with E-state index in [0.29, 0.717) is 17.7 Å². The van der Waals surface area contributed by atoms with E-state index in [4.69, 9.17) is 15.2 Å². The Labute approximate surface area is 148 Å². The van der Waals surface area contributed by atoms with Crippen molar-refractivity contribution < 1.29 is 22.3 Å². The number of hydrogen-bond donors (Lipinski definition) is 1. The molecule has 0 atom stereocenters. The van der Waals surface area contributed by atoms with Gasteiger partial charge in [0.05, 0.1) is 23.1 Å². The lowest BCUT2D eigenvalue weighted by Crippen LogP contribution is -2.25. The van der Waals surface area contributed by atoms with Gasteiger partial charge < -0.3 is 15.2 Å². The first kappa shape index (κ1) is 19.9. The van der Waals surface area contributed by atoms with Crippen LogP contribution in [-0.2, 0) is 14.6 Å². The molecule has 1 aromatic carbocycles. The van der Waals surface area contributed by atoms with Crippen LogP contribution in [0.1, 0.15) is 25.7 Å². The predicted molar refractivity (Wildman–Crippen MR) is 95.0 cm³/mol. The van der Waals surface area contributed by atoms with Crippen molar-refractivity contribution in [2.24, 2.45) is 11.7 Å². The number of hydrogen-bond acceptors (Lipinski definition) is 5. The monoisotopic (exact) mass is 371 g/mol. The number of sulfone groups is 1. The largest absolute Gasteiger partial charge is 0.489 e. The lowest BCUT2D eigenvalue weighted by Gasteiger charge is -2.27. The van der Waals surface area contributed by atoms with Gasteiger partial charge in [0.2, 0.25) is 0 Å². The van der Waals surface area contributed by atoms with Crippen molar-refractivity contribution in [3.63, 3.8) is 0 Å². The van der Waals surface area contributed by atoms with Crippen molar-refractivity contribution in [2.75, 3.05) is 26.0 Å². The molecule has 2 N–H and O–H groups in total. The van der Waals surface area contributed by atoms with Gasteiger partial charge in [-0.3, -0.25) is 0 Å². The van der Waals surface area contributed by atoms with Gasteiger partial charge in [-0.25, -0.2) is 12.8 Å². The summed E-state index contributed by atoms with van der Waals surface area (Å²) in [6.45, 7) is 0.121. The summed E-state index contributed by atoms with van der Waals surface area (Å²) in [5, 5.41) is 0. The van der Waals surface area contributed by atoms with Gasteiger partial charge in [0.15, 0.2) is 9.84 Å². The van der Waals surface area contributed by atoms with E-state index in [2.05, 4.69) is 0 Å². The molecular weight excluding hydrogens is 345 g/mol. The van der Waals surface area contributed by atoms with Gasteiger partial charge in [-0.1, -0.05) is 0 Å². The van der Waals surface area contributed by atoms with Gasteiger partial charge in [0.1, 0.15) is 12.4 Å². The van der Waals surface area contributed by atoms with E-state index in [0.717, 1.165) is 25.7 Å². The minimum atomic E-state index is -3.33. The summed E-state index contributed by atoms with van der Waals surface area (Å²) in [6, 6.07) is 6.24. The maximum absolute atomic E-state index is 12.6. The molecule has 0 amide bonds. The first-order valence-electron chi connectivity index (χ1n) is 8.45. The van der Waals surface area contributed by atoms with Crippen LogP contribution in [-0.4, -0.2) is 40.5 Å². The molecule has 0 spiro atoms. The Morgan fingerprint density at radius 3 is 2.40 bits per heavy atom. The van der Waals surface area contributed by atoms with Crippen molar-refractivity contribution in [1.29, 1.82) is 0 Å². The molecule has 0 unspecified atom stereocenters. The average Bonchev–Trinajstić information content (AvgIpc) is 2.63. The lowest BCUT2D eigenvalue weighted by atomic mass is 9.89. The fraction of sp³-hybridized carbons (Fsp3) is 0.556. The maximum Gasteiger partial charge on any atom is 0.178 e. The molecule has 2 rings (SSSR count). The smallest absolute Gasteiger partial charge is 0.178 e. The number of rotatable bonds is 8. The molecule has 7 heteroatoms. The lowest BCUT2D eigenvalue weighted by molar-refractivity contribution is 0.0597. The van der Waals surface area contributed by atoms with E-state index >= 15 is 0 Å². The molecular formula is C18H26FNO4S. The standard InChI is InChI=1S/C18H26FNO4S/c1-23-16-4-2-14(3-5-16)13-25(21,22)18-8-6-17(7-9-18)24-12-15(10-19)11-20/h6-10,14,16H,2-5,11-13,20H2,1H3/b15-10+/t14-,16-. The molecule has 140 valence electrons. The maximum atomic E-state index is 12.6. The Morgan fingerprint density at radius 1 is 1.24 bits per heavy atom. The quantitative estimate of drug-likeness (QED) is 0.760. The summed E-state index contributed by atoms with van der Waals surface area (Å²) < 4.78 is 48.3. The summed E-state index contributed by atoms with van der Waals surface area (Å²) in [5.41, 5.74) is 5.70. The first-order chi connectivity index (χ1) is 12.0. The summed E-state index contributed by atoms with van der Waals surface area (Å²) in [6.07, 6.45) is 4.25. The molecule has 0 saturated heterocycles. The molecule has 0 bridgehead atoms. The number of ether oxygens (including phenoxy) is 2. The summed E-state index contributed by atoms with van der Waals surface area (Å²) in [4.78, 5) is 0.286. The highest BCUT2D eigenvalue weighted by Gasteiger charge is 2.26.